The fourth-order valence-electron chi connectivity index (χ4n) is 1.49. The van der Waals surface area contributed by atoms with Crippen LogP contribution in [0, 0.1) is 0 Å². The van der Waals surface area contributed by atoms with Gasteiger partial charge in [-0.3, -0.25) is 4.72 Å². The molecular weight excluding hydrogens is 384 g/mol. The van der Waals surface area contributed by atoms with Gasteiger partial charge in [0.1, 0.15) is 4.60 Å². The van der Waals surface area contributed by atoms with Crippen molar-refractivity contribution in [2.45, 2.75) is 4.90 Å². The molecule has 0 bridgehead atoms. The predicted octanol–water partition coefficient (Wildman–Crippen LogP) is 3.00. The summed E-state index contributed by atoms with van der Waals surface area (Å²) in [5.41, 5.74) is 0.109. The van der Waals surface area contributed by atoms with E-state index in [9.17, 15) is 13.2 Å². The fraction of sp³-hybridized carbons (Fsp3) is 0. The van der Waals surface area contributed by atoms with E-state index in [-0.39, 0.29) is 21.2 Å². The second kappa shape index (κ2) is 6.00. The molecule has 2 N–H and O–H groups in total. The standard InChI is InChI=1S/C12H8BrClN2O4S/c13-11-4-1-7(6-15-11)16-21(19,20)8-2-3-9(12(17)18)10(14)5-8/h1-6,16H,(H,17,18). The second-order valence-electron chi connectivity index (χ2n) is 3.92. The summed E-state index contributed by atoms with van der Waals surface area (Å²) in [6, 6.07) is 6.50. The molecule has 0 fully saturated rings. The summed E-state index contributed by atoms with van der Waals surface area (Å²) in [7, 11) is -3.87. The summed E-state index contributed by atoms with van der Waals surface area (Å²) in [6.07, 6.45) is 1.34. The van der Waals surface area contributed by atoms with Gasteiger partial charge in [-0.05, 0) is 46.3 Å². The third kappa shape index (κ3) is 3.72. The molecule has 6 nitrogen and oxygen atoms in total. The summed E-state index contributed by atoms with van der Waals surface area (Å²) in [5, 5.41) is 8.70. The number of carboxylic acid groups (broad SMARTS) is 1. The Balaban J connectivity index is 2.33. The molecule has 0 aliphatic heterocycles. The summed E-state index contributed by atoms with van der Waals surface area (Å²) in [5.74, 6) is -1.23. The first kappa shape index (κ1) is 15.7. The van der Waals surface area contributed by atoms with Gasteiger partial charge in [-0.2, -0.15) is 0 Å². The quantitative estimate of drug-likeness (QED) is 0.781. The van der Waals surface area contributed by atoms with E-state index >= 15 is 0 Å². The highest BCUT2D eigenvalue weighted by Gasteiger charge is 2.18. The number of aromatic carboxylic acids is 1. The number of sulfonamides is 1. The first-order valence-corrected chi connectivity index (χ1v) is 8.12. The van der Waals surface area contributed by atoms with E-state index in [0.29, 0.717) is 4.60 Å². The molecular formula is C12H8BrClN2O4S. The molecule has 0 aliphatic rings. The Morgan fingerprint density at radius 2 is 2.00 bits per heavy atom. The number of halogens is 2. The van der Waals surface area contributed by atoms with Crippen molar-refractivity contribution in [2.24, 2.45) is 0 Å². The maximum atomic E-state index is 12.2. The van der Waals surface area contributed by atoms with Gasteiger partial charge in [-0.25, -0.2) is 18.2 Å². The largest absolute Gasteiger partial charge is 0.478 e. The Morgan fingerprint density at radius 3 is 2.52 bits per heavy atom. The van der Waals surface area contributed by atoms with Crippen LogP contribution < -0.4 is 4.72 Å². The van der Waals surface area contributed by atoms with Gasteiger partial charge in [0, 0.05) is 0 Å². The number of hydrogen-bond donors (Lipinski definition) is 2. The molecule has 0 aliphatic carbocycles. The van der Waals surface area contributed by atoms with Crippen LogP contribution in [0.3, 0.4) is 0 Å². The molecule has 2 rings (SSSR count). The van der Waals surface area contributed by atoms with Crippen molar-refractivity contribution in [3.8, 4) is 0 Å². The van der Waals surface area contributed by atoms with Gasteiger partial charge >= 0.3 is 5.97 Å². The van der Waals surface area contributed by atoms with Crippen LogP contribution in [0.5, 0.6) is 0 Å². The number of nitrogens with zero attached hydrogens (tertiary/aromatic N) is 1. The van der Waals surface area contributed by atoms with E-state index in [2.05, 4.69) is 25.6 Å². The topological polar surface area (TPSA) is 96.4 Å². The summed E-state index contributed by atoms with van der Waals surface area (Å²) in [4.78, 5) is 14.6. The number of pyridine rings is 1. The molecule has 0 atom stereocenters. The lowest BCUT2D eigenvalue weighted by molar-refractivity contribution is 0.0697. The number of benzene rings is 1. The van der Waals surface area contributed by atoms with E-state index in [1.807, 2.05) is 0 Å². The Labute approximate surface area is 134 Å². The van der Waals surface area contributed by atoms with E-state index < -0.39 is 16.0 Å². The van der Waals surface area contributed by atoms with Gasteiger partial charge in [-0.15, -0.1) is 0 Å². The average molecular weight is 392 g/mol. The Bertz CT molecular complexity index is 793. The molecule has 0 unspecified atom stereocenters. The number of aromatic nitrogens is 1. The number of rotatable bonds is 4. The van der Waals surface area contributed by atoms with Crippen LogP contribution in [0.4, 0.5) is 5.69 Å². The van der Waals surface area contributed by atoms with Crippen molar-refractivity contribution < 1.29 is 18.3 Å². The second-order valence-corrected chi connectivity index (χ2v) is 6.82. The maximum Gasteiger partial charge on any atom is 0.337 e. The van der Waals surface area contributed by atoms with Gasteiger partial charge in [0.2, 0.25) is 0 Å². The van der Waals surface area contributed by atoms with E-state index in [1.165, 1.54) is 18.3 Å². The van der Waals surface area contributed by atoms with Crippen molar-refractivity contribution in [3.63, 3.8) is 0 Å². The van der Waals surface area contributed by atoms with Crippen LogP contribution in [-0.2, 0) is 10.0 Å². The molecule has 0 radical (unpaired) electrons. The van der Waals surface area contributed by atoms with E-state index in [4.69, 9.17) is 16.7 Å². The van der Waals surface area contributed by atoms with Crippen LogP contribution in [0.25, 0.3) is 0 Å². The van der Waals surface area contributed by atoms with Gasteiger partial charge in [0.05, 0.1) is 27.4 Å². The third-order valence-electron chi connectivity index (χ3n) is 2.46. The van der Waals surface area contributed by atoms with E-state index in [0.717, 1.165) is 12.1 Å². The average Bonchev–Trinajstić information content (AvgIpc) is 2.40. The van der Waals surface area contributed by atoms with Crippen LogP contribution in [0.15, 0.2) is 46.0 Å². The van der Waals surface area contributed by atoms with Crippen molar-refractivity contribution in [3.05, 3.63) is 51.7 Å². The van der Waals surface area contributed by atoms with Crippen LogP contribution in [0.2, 0.25) is 5.02 Å². The minimum Gasteiger partial charge on any atom is -0.478 e. The van der Waals surface area contributed by atoms with E-state index in [1.54, 1.807) is 6.07 Å². The Hall–Kier alpha value is -1.64. The minimum atomic E-state index is -3.87. The molecule has 21 heavy (non-hydrogen) atoms. The summed E-state index contributed by atoms with van der Waals surface area (Å²) in [6.45, 7) is 0. The zero-order valence-corrected chi connectivity index (χ0v) is 13.4. The number of hydrogen-bond acceptors (Lipinski definition) is 4. The molecule has 0 amide bonds. The molecule has 9 heteroatoms. The fourth-order valence-corrected chi connectivity index (χ4v) is 3.12. The molecule has 0 spiro atoms. The highest BCUT2D eigenvalue weighted by molar-refractivity contribution is 9.10. The summed E-state index contributed by atoms with van der Waals surface area (Å²) < 4.78 is 27.2. The predicted molar refractivity (Wildman–Crippen MR) is 81.2 cm³/mol. The molecule has 110 valence electrons. The van der Waals surface area contributed by atoms with Crippen LogP contribution >= 0.6 is 27.5 Å². The van der Waals surface area contributed by atoms with Gasteiger partial charge in [-0.1, -0.05) is 11.6 Å². The molecule has 1 aromatic carbocycles. The Morgan fingerprint density at radius 1 is 1.29 bits per heavy atom. The third-order valence-corrected chi connectivity index (χ3v) is 4.62. The summed E-state index contributed by atoms with van der Waals surface area (Å²) >= 11 is 8.90. The van der Waals surface area contributed by atoms with Crippen molar-refractivity contribution >= 4 is 49.2 Å². The highest BCUT2D eigenvalue weighted by atomic mass is 79.9. The monoisotopic (exact) mass is 390 g/mol. The number of anilines is 1. The van der Waals surface area contributed by atoms with Crippen molar-refractivity contribution in [2.75, 3.05) is 4.72 Å². The van der Waals surface area contributed by atoms with Crippen molar-refractivity contribution in [1.29, 1.82) is 0 Å². The highest BCUT2D eigenvalue weighted by Crippen LogP contribution is 2.23. The molecule has 0 saturated heterocycles. The first-order valence-electron chi connectivity index (χ1n) is 5.47. The van der Waals surface area contributed by atoms with Crippen LogP contribution in [-0.4, -0.2) is 24.5 Å². The smallest absolute Gasteiger partial charge is 0.337 e. The lowest BCUT2D eigenvalue weighted by atomic mass is 10.2. The normalized spacial score (nSPS) is 11.1. The van der Waals surface area contributed by atoms with Crippen LogP contribution in [0.1, 0.15) is 10.4 Å². The van der Waals surface area contributed by atoms with Gasteiger partial charge < -0.3 is 5.11 Å². The van der Waals surface area contributed by atoms with Gasteiger partial charge in [0.25, 0.3) is 10.0 Å². The molecule has 2 aromatic rings. The molecule has 0 saturated carbocycles. The SMILES string of the molecule is O=C(O)c1ccc(S(=O)(=O)Nc2ccc(Br)nc2)cc1Cl. The molecule has 1 aromatic heterocycles. The lowest BCUT2D eigenvalue weighted by Crippen LogP contribution is -2.13. The minimum absolute atomic E-state index is 0.139. The molecule has 1 heterocycles. The zero-order valence-electron chi connectivity index (χ0n) is 10.2. The lowest BCUT2D eigenvalue weighted by Gasteiger charge is -2.09. The first-order chi connectivity index (χ1) is 9.79. The Kier molecular flexibility index (Phi) is 4.50. The number of carbonyl (C=O) groups is 1. The van der Waals surface area contributed by atoms with Gasteiger partial charge in [0.15, 0.2) is 0 Å². The number of nitrogens with one attached hydrogen (secondary N) is 1. The zero-order chi connectivity index (χ0) is 15.6. The maximum absolute atomic E-state index is 12.2. The number of carboxylic acids is 1. The van der Waals surface area contributed by atoms with Crippen molar-refractivity contribution in [1.82, 2.24) is 4.98 Å².